The van der Waals surface area contributed by atoms with Crippen LogP contribution in [0, 0.1) is 0 Å². The third-order valence-electron chi connectivity index (χ3n) is 2.79. The number of hydrogen-bond donors (Lipinski definition) is 2. The number of rotatable bonds is 5. The first-order valence-electron chi connectivity index (χ1n) is 5.73. The summed E-state index contributed by atoms with van der Waals surface area (Å²) in [5, 5.41) is 9.01. The molecule has 2 N–H and O–H groups in total. The van der Waals surface area contributed by atoms with Crippen molar-refractivity contribution in [3.05, 3.63) is 53.3 Å². The van der Waals surface area contributed by atoms with Gasteiger partial charge in [0.05, 0.1) is 0 Å². The number of aromatic nitrogens is 1. The first kappa shape index (κ1) is 12.3. The van der Waals surface area contributed by atoms with Gasteiger partial charge >= 0.3 is 0 Å². The van der Waals surface area contributed by atoms with Crippen LogP contribution in [-0.4, -0.2) is 23.0 Å². The van der Waals surface area contributed by atoms with Crippen LogP contribution in [0.1, 0.15) is 16.8 Å². The van der Waals surface area contributed by atoms with Crippen LogP contribution in [0.2, 0.25) is 0 Å². The highest BCUT2D eigenvalue weighted by Gasteiger charge is 2.10. The van der Waals surface area contributed by atoms with Crippen LogP contribution >= 0.6 is 11.8 Å². The average Bonchev–Trinajstić information content (AvgIpc) is 2.73. The molecule has 2 aromatic rings. The van der Waals surface area contributed by atoms with E-state index in [-0.39, 0.29) is 6.61 Å². The second-order valence-electron chi connectivity index (χ2n) is 3.96. The summed E-state index contributed by atoms with van der Waals surface area (Å²) in [7, 11) is 0. The summed E-state index contributed by atoms with van der Waals surface area (Å²) < 4.78 is 0. The number of nitrogens with one attached hydrogen (secondary N) is 1. The molecule has 1 heterocycles. The molecule has 2 nitrogen and oxygen atoms in total. The van der Waals surface area contributed by atoms with Crippen molar-refractivity contribution >= 4 is 11.8 Å². The van der Waals surface area contributed by atoms with Gasteiger partial charge in [-0.3, -0.25) is 0 Å². The molecule has 0 aliphatic heterocycles. The highest BCUT2D eigenvalue weighted by atomic mass is 32.2. The monoisotopic (exact) mass is 247 g/mol. The summed E-state index contributed by atoms with van der Waals surface area (Å²) in [6, 6.07) is 10.4. The van der Waals surface area contributed by atoms with E-state index < -0.39 is 0 Å². The van der Waals surface area contributed by atoms with Crippen molar-refractivity contribution in [2.45, 2.75) is 17.7 Å². The van der Waals surface area contributed by atoms with E-state index in [2.05, 4.69) is 41.7 Å². The fourth-order valence-electron chi connectivity index (χ4n) is 2.00. The quantitative estimate of drug-likeness (QED) is 0.797. The number of aromatic amines is 1. The zero-order chi connectivity index (χ0) is 12.1. The van der Waals surface area contributed by atoms with Crippen molar-refractivity contribution < 1.29 is 5.11 Å². The van der Waals surface area contributed by atoms with E-state index in [4.69, 9.17) is 5.11 Å². The van der Waals surface area contributed by atoms with Gasteiger partial charge in [0.2, 0.25) is 0 Å². The third-order valence-corrected chi connectivity index (χ3v) is 3.71. The topological polar surface area (TPSA) is 36.0 Å². The molecule has 0 saturated heterocycles. The Morgan fingerprint density at radius 1 is 1.24 bits per heavy atom. The van der Waals surface area contributed by atoms with E-state index in [1.165, 1.54) is 16.0 Å². The summed E-state index contributed by atoms with van der Waals surface area (Å²) in [5.74, 6) is 0. The van der Waals surface area contributed by atoms with Gasteiger partial charge in [-0.1, -0.05) is 30.3 Å². The molecule has 0 aliphatic carbocycles. The Balaban J connectivity index is 2.21. The maximum atomic E-state index is 9.01. The van der Waals surface area contributed by atoms with Gasteiger partial charge in [-0.2, -0.15) is 0 Å². The Morgan fingerprint density at radius 2 is 2.00 bits per heavy atom. The van der Waals surface area contributed by atoms with Crippen LogP contribution in [0.15, 0.2) is 41.4 Å². The molecule has 0 aliphatic rings. The predicted molar refractivity (Wildman–Crippen MR) is 72.6 cm³/mol. The van der Waals surface area contributed by atoms with Crippen molar-refractivity contribution in [1.82, 2.24) is 4.98 Å². The SMILES string of the molecule is CSc1c(Cc2ccccc2)c[nH]c1CCO. The fourth-order valence-corrected chi connectivity index (χ4v) is 2.80. The number of aliphatic hydroxyl groups is 1. The second-order valence-corrected chi connectivity index (χ2v) is 4.78. The standard InChI is InChI=1S/C14H17NOS/c1-17-14-12(10-15-13(14)7-8-16)9-11-5-3-2-4-6-11/h2-6,10,15-16H,7-9H2,1H3. The molecule has 0 radical (unpaired) electrons. The Bertz CT molecular complexity index is 464. The van der Waals surface area contributed by atoms with Gasteiger partial charge in [-0.25, -0.2) is 0 Å². The highest BCUT2D eigenvalue weighted by molar-refractivity contribution is 7.98. The van der Waals surface area contributed by atoms with Crippen LogP contribution in [-0.2, 0) is 12.8 Å². The van der Waals surface area contributed by atoms with Crippen molar-refractivity contribution in [1.29, 1.82) is 0 Å². The molecular formula is C14H17NOS. The molecule has 2 rings (SSSR count). The van der Waals surface area contributed by atoms with E-state index in [0.717, 1.165) is 12.1 Å². The molecule has 1 aromatic carbocycles. The van der Waals surface area contributed by atoms with E-state index in [0.29, 0.717) is 6.42 Å². The smallest absolute Gasteiger partial charge is 0.0486 e. The maximum Gasteiger partial charge on any atom is 0.0486 e. The fraction of sp³-hybridized carbons (Fsp3) is 0.286. The maximum absolute atomic E-state index is 9.01. The average molecular weight is 247 g/mol. The van der Waals surface area contributed by atoms with E-state index in [1.54, 1.807) is 11.8 Å². The molecule has 0 amide bonds. The number of benzene rings is 1. The van der Waals surface area contributed by atoms with E-state index in [1.807, 2.05) is 6.07 Å². The largest absolute Gasteiger partial charge is 0.396 e. The van der Waals surface area contributed by atoms with Crippen LogP contribution in [0.3, 0.4) is 0 Å². The number of thioether (sulfide) groups is 1. The Labute approximate surface area is 106 Å². The second kappa shape index (κ2) is 5.94. The van der Waals surface area contributed by atoms with Crippen LogP contribution in [0.5, 0.6) is 0 Å². The van der Waals surface area contributed by atoms with Crippen LogP contribution in [0.4, 0.5) is 0 Å². The zero-order valence-corrected chi connectivity index (χ0v) is 10.8. The lowest BCUT2D eigenvalue weighted by atomic mass is 10.1. The molecule has 90 valence electrons. The first-order valence-corrected chi connectivity index (χ1v) is 6.95. The van der Waals surface area contributed by atoms with E-state index >= 15 is 0 Å². The van der Waals surface area contributed by atoms with Crippen LogP contribution < -0.4 is 0 Å². The number of aliphatic hydroxyl groups excluding tert-OH is 1. The minimum absolute atomic E-state index is 0.193. The summed E-state index contributed by atoms with van der Waals surface area (Å²) in [4.78, 5) is 4.55. The van der Waals surface area contributed by atoms with Gasteiger partial charge in [-0.15, -0.1) is 11.8 Å². The molecule has 0 unspecified atom stereocenters. The molecule has 1 aromatic heterocycles. The molecule has 3 heteroatoms. The lowest BCUT2D eigenvalue weighted by molar-refractivity contribution is 0.297. The van der Waals surface area contributed by atoms with Crippen molar-refractivity contribution in [2.75, 3.05) is 12.9 Å². The minimum atomic E-state index is 0.193. The molecule has 0 bridgehead atoms. The van der Waals surface area contributed by atoms with Gasteiger partial charge in [-0.05, 0) is 17.4 Å². The van der Waals surface area contributed by atoms with Gasteiger partial charge in [0.15, 0.2) is 0 Å². The molecule has 0 fully saturated rings. The summed E-state index contributed by atoms with van der Waals surface area (Å²) in [5.41, 5.74) is 3.77. The highest BCUT2D eigenvalue weighted by Crippen LogP contribution is 2.27. The van der Waals surface area contributed by atoms with Gasteiger partial charge < -0.3 is 10.1 Å². The van der Waals surface area contributed by atoms with Crippen LogP contribution in [0.25, 0.3) is 0 Å². The van der Waals surface area contributed by atoms with Crippen molar-refractivity contribution in [2.24, 2.45) is 0 Å². The lowest BCUT2D eigenvalue weighted by Crippen LogP contribution is -1.93. The summed E-state index contributed by atoms with van der Waals surface area (Å²) >= 11 is 1.75. The molecule has 17 heavy (non-hydrogen) atoms. The number of hydrogen-bond acceptors (Lipinski definition) is 2. The van der Waals surface area contributed by atoms with Gasteiger partial charge in [0.25, 0.3) is 0 Å². The van der Waals surface area contributed by atoms with Crippen molar-refractivity contribution in [3.63, 3.8) is 0 Å². The molecular weight excluding hydrogens is 230 g/mol. The Hall–Kier alpha value is -1.19. The Kier molecular flexibility index (Phi) is 4.29. The predicted octanol–water partition coefficient (Wildman–Crippen LogP) is 2.86. The summed E-state index contributed by atoms with van der Waals surface area (Å²) in [6.07, 6.45) is 5.78. The normalized spacial score (nSPS) is 10.7. The molecule has 0 spiro atoms. The van der Waals surface area contributed by atoms with Gasteiger partial charge in [0, 0.05) is 36.2 Å². The molecule has 0 atom stereocenters. The summed E-state index contributed by atoms with van der Waals surface area (Å²) in [6.45, 7) is 0.193. The zero-order valence-electron chi connectivity index (χ0n) is 9.94. The minimum Gasteiger partial charge on any atom is -0.396 e. The molecule has 0 saturated carbocycles. The third kappa shape index (κ3) is 2.93. The van der Waals surface area contributed by atoms with Crippen molar-refractivity contribution in [3.8, 4) is 0 Å². The lowest BCUT2D eigenvalue weighted by Gasteiger charge is -2.04. The first-order chi connectivity index (χ1) is 8.35. The Morgan fingerprint density at radius 3 is 2.65 bits per heavy atom. The number of H-pyrrole nitrogens is 1. The van der Waals surface area contributed by atoms with E-state index in [9.17, 15) is 0 Å². The van der Waals surface area contributed by atoms with Gasteiger partial charge in [0.1, 0.15) is 0 Å².